The topological polar surface area (TPSA) is 66.9 Å². The van der Waals surface area contributed by atoms with Gasteiger partial charge in [0.15, 0.2) is 6.61 Å². The molecule has 0 radical (unpaired) electrons. The van der Waals surface area contributed by atoms with Gasteiger partial charge in [-0.2, -0.15) is 0 Å². The molecule has 138 valence electrons. The number of amides is 1. The molecule has 6 nitrogen and oxygen atoms in total. The lowest BCUT2D eigenvalue weighted by Gasteiger charge is -2.18. The molecule has 3 rings (SSSR count). The van der Waals surface area contributed by atoms with Gasteiger partial charge in [0.2, 0.25) is 10.0 Å². The smallest absolute Gasteiger partial charge is 0.264 e. The van der Waals surface area contributed by atoms with Gasteiger partial charge >= 0.3 is 0 Å². The average Bonchev–Trinajstić information content (AvgIpc) is 3.04. The molecular weight excluding hydrogens is 376 g/mol. The van der Waals surface area contributed by atoms with Crippen LogP contribution in [-0.4, -0.2) is 45.9 Å². The lowest BCUT2D eigenvalue weighted by atomic mass is 10.2. The van der Waals surface area contributed by atoms with E-state index in [1.165, 1.54) is 24.5 Å². The van der Waals surface area contributed by atoms with E-state index in [-0.39, 0.29) is 17.4 Å². The van der Waals surface area contributed by atoms with Gasteiger partial charge in [-0.15, -0.1) is 0 Å². The predicted molar refractivity (Wildman–Crippen MR) is 100 cm³/mol. The number of carbonyl (C=O) groups excluding carboxylic acids is 1. The minimum Gasteiger partial charge on any atom is -0.482 e. The highest BCUT2D eigenvalue weighted by atomic mass is 35.5. The fourth-order valence-electron chi connectivity index (χ4n) is 2.79. The lowest BCUT2D eigenvalue weighted by Crippen LogP contribution is -2.33. The number of benzene rings is 2. The van der Waals surface area contributed by atoms with Gasteiger partial charge in [0.1, 0.15) is 5.75 Å². The number of nitrogens with zero attached hydrogens (tertiary/aromatic N) is 2. The van der Waals surface area contributed by atoms with Gasteiger partial charge < -0.3 is 9.64 Å². The maximum atomic E-state index is 12.5. The molecule has 0 bridgehead atoms. The first-order valence-corrected chi connectivity index (χ1v) is 9.85. The Morgan fingerprint density at radius 1 is 1.23 bits per heavy atom. The van der Waals surface area contributed by atoms with Crippen LogP contribution in [0.25, 0.3) is 0 Å². The van der Waals surface area contributed by atoms with Crippen LogP contribution in [0, 0.1) is 0 Å². The number of rotatable bonds is 5. The van der Waals surface area contributed by atoms with Crippen molar-refractivity contribution in [3.8, 4) is 5.75 Å². The van der Waals surface area contributed by atoms with Crippen LogP contribution in [-0.2, 0) is 21.2 Å². The van der Waals surface area contributed by atoms with E-state index in [4.69, 9.17) is 16.3 Å². The van der Waals surface area contributed by atoms with E-state index in [1.807, 2.05) is 0 Å². The lowest BCUT2D eigenvalue weighted by molar-refractivity contribution is -0.120. The van der Waals surface area contributed by atoms with Crippen LogP contribution in [0.15, 0.2) is 47.4 Å². The van der Waals surface area contributed by atoms with Gasteiger partial charge in [0.25, 0.3) is 5.91 Å². The molecule has 1 aliphatic heterocycles. The fourth-order valence-corrected chi connectivity index (χ4v) is 3.93. The number of fused-ring (bicyclic) bond motifs is 1. The summed E-state index contributed by atoms with van der Waals surface area (Å²) in [7, 11) is -0.516. The molecule has 0 saturated heterocycles. The highest BCUT2D eigenvalue weighted by molar-refractivity contribution is 7.89. The maximum Gasteiger partial charge on any atom is 0.264 e. The number of sulfonamides is 1. The molecule has 0 spiro atoms. The van der Waals surface area contributed by atoms with Crippen molar-refractivity contribution in [3.63, 3.8) is 0 Å². The first-order chi connectivity index (χ1) is 12.3. The summed E-state index contributed by atoms with van der Waals surface area (Å²) >= 11 is 6.02. The number of hydrogen-bond donors (Lipinski definition) is 0. The predicted octanol–water partition coefficient (Wildman–Crippen LogP) is 2.56. The van der Waals surface area contributed by atoms with E-state index in [0.29, 0.717) is 23.7 Å². The van der Waals surface area contributed by atoms with Gasteiger partial charge in [0, 0.05) is 26.3 Å². The molecular formula is C18H19ClN2O4S. The normalized spacial score (nSPS) is 13.8. The zero-order chi connectivity index (χ0) is 18.9. The van der Waals surface area contributed by atoms with Crippen molar-refractivity contribution in [2.45, 2.75) is 11.3 Å². The summed E-state index contributed by atoms with van der Waals surface area (Å²) in [4.78, 5) is 14.3. The van der Waals surface area contributed by atoms with Crippen molar-refractivity contribution in [2.75, 3.05) is 32.1 Å². The second-order valence-electron chi connectivity index (χ2n) is 6.09. The highest BCUT2D eigenvalue weighted by Crippen LogP contribution is 2.31. The molecule has 1 amide bonds. The summed E-state index contributed by atoms with van der Waals surface area (Å²) in [6, 6.07) is 11.8. The molecule has 26 heavy (non-hydrogen) atoms. The Labute approximate surface area is 158 Å². The third kappa shape index (κ3) is 3.56. The van der Waals surface area contributed by atoms with Crippen molar-refractivity contribution in [3.05, 3.63) is 53.1 Å². The van der Waals surface area contributed by atoms with Crippen LogP contribution in [0.2, 0.25) is 5.02 Å². The number of hydrogen-bond acceptors (Lipinski definition) is 4. The number of ether oxygens (including phenoxy) is 1. The van der Waals surface area contributed by atoms with E-state index in [9.17, 15) is 13.2 Å². The van der Waals surface area contributed by atoms with Gasteiger partial charge in [-0.25, -0.2) is 12.7 Å². The molecule has 8 heteroatoms. The van der Waals surface area contributed by atoms with Crippen LogP contribution in [0.4, 0.5) is 5.69 Å². The fraction of sp³-hybridized carbons (Fsp3) is 0.278. The quantitative estimate of drug-likeness (QED) is 0.781. The molecule has 0 N–H and O–H groups in total. The number of para-hydroxylation sites is 1. The molecule has 1 heterocycles. The summed E-state index contributed by atoms with van der Waals surface area (Å²) in [5.74, 6) is 0.251. The van der Waals surface area contributed by atoms with Crippen LogP contribution in [0.5, 0.6) is 5.75 Å². The molecule has 0 aliphatic carbocycles. The Balaban J connectivity index is 1.75. The number of carbonyl (C=O) groups is 1. The van der Waals surface area contributed by atoms with Crippen molar-refractivity contribution in [1.29, 1.82) is 0 Å². The van der Waals surface area contributed by atoms with Gasteiger partial charge in [-0.1, -0.05) is 23.7 Å². The van der Waals surface area contributed by atoms with Crippen molar-refractivity contribution in [2.24, 2.45) is 0 Å². The molecule has 0 saturated carbocycles. The Morgan fingerprint density at radius 3 is 2.65 bits per heavy atom. The van der Waals surface area contributed by atoms with E-state index >= 15 is 0 Å². The monoisotopic (exact) mass is 394 g/mol. The maximum absolute atomic E-state index is 12.5. The number of halogens is 1. The van der Waals surface area contributed by atoms with Crippen LogP contribution < -0.4 is 9.64 Å². The van der Waals surface area contributed by atoms with E-state index < -0.39 is 10.0 Å². The summed E-state index contributed by atoms with van der Waals surface area (Å²) < 4.78 is 31.2. The Morgan fingerprint density at radius 2 is 1.96 bits per heavy atom. The van der Waals surface area contributed by atoms with Crippen molar-refractivity contribution < 1.29 is 17.9 Å². The highest BCUT2D eigenvalue weighted by Gasteiger charge is 2.27. The molecule has 0 unspecified atom stereocenters. The molecule has 0 aromatic heterocycles. The average molecular weight is 395 g/mol. The molecule has 2 aromatic rings. The number of anilines is 1. The summed E-state index contributed by atoms with van der Waals surface area (Å²) in [6.07, 6.45) is 0.601. The summed E-state index contributed by atoms with van der Waals surface area (Å²) in [5, 5.41) is 0.445. The summed E-state index contributed by atoms with van der Waals surface area (Å²) in [6.45, 7) is 0.354. The SMILES string of the molecule is CN(C)S(=O)(=O)c1ccc2c(c1)CCN2C(=O)COc1ccccc1Cl. The Hall–Kier alpha value is -2.09. The first-order valence-electron chi connectivity index (χ1n) is 8.04. The van der Waals surface area contributed by atoms with Crippen LogP contribution >= 0.6 is 11.6 Å². The second kappa shape index (κ2) is 7.26. The first kappa shape index (κ1) is 18.7. The molecule has 1 aliphatic rings. The molecule has 0 fully saturated rings. The third-order valence-corrected chi connectivity index (χ3v) is 6.34. The molecule has 2 aromatic carbocycles. The van der Waals surface area contributed by atoms with E-state index in [0.717, 1.165) is 11.3 Å². The van der Waals surface area contributed by atoms with Crippen molar-refractivity contribution in [1.82, 2.24) is 4.31 Å². The van der Waals surface area contributed by atoms with E-state index in [1.54, 1.807) is 41.3 Å². The van der Waals surface area contributed by atoms with Crippen molar-refractivity contribution >= 4 is 33.2 Å². The van der Waals surface area contributed by atoms with Gasteiger partial charge in [-0.05, 0) is 42.3 Å². The zero-order valence-electron chi connectivity index (χ0n) is 14.5. The zero-order valence-corrected chi connectivity index (χ0v) is 16.0. The van der Waals surface area contributed by atoms with Crippen LogP contribution in [0.1, 0.15) is 5.56 Å². The van der Waals surface area contributed by atoms with E-state index in [2.05, 4.69) is 0 Å². The standard InChI is InChI=1S/C18H19ClN2O4S/c1-20(2)26(23,24)14-7-8-16-13(11-14)9-10-21(16)18(22)12-25-17-6-4-3-5-15(17)19/h3-8,11H,9-10,12H2,1-2H3. The van der Waals surface area contributed by atoms with Crippen LogP contribution in [0.3, 0.4) is 0 Å². The third-order valence-electron chi connectivity index (χ3n) is 4.21. The Kier molecular flexibility index (Phi) is 5.22. The molecule has 0 atom stereocenters. The second-order valence-corrected chi connectivity index (χ2v) is 8.65. The Bertz CT molecular complexity index is 944. The largest absolute Gasteiger partial charge is 0.482 e. The minimum absolute atomic E-state index is 0.138. The van der Waals surface area contributed by atoms with Gasteiger partial charge in [0.05, 0.1) is 9.92 Å². The van der Waals surface area contributed by atoms with Gasteiger partial charge in [-0.3, -0.25) is 4.79 Å². The minimum atomic E-state index is -3.50. The summed E-state index contributed by atoms with van der Waals surface area (Å²) in [5.41, 5.74) is 1.55.